The number of hydrogen-bond acceptors (Lipinski definition) is 3. The summed E-state index contributed by atoms with van der Waals surface area (Å²) < 4.78 is 1.81. The molecule has 3 heterocycles. The quantitative estimate of drug-likeness (QED) is 0.931. The molecule has 0 unspecified atom stereocenters. The second-order valence-electron chi connectivity index (χ2n) is 6.72. The lowest BCUT2D eigenvalue weighted by atomic mass is 9.71. The zero-order chi connectivity index (χ0) is 14.9. The van der Waals surface area contributed by atoms with Gasteiger partial charge in [-0.15, -0.1) is 0 Å². The van der Waals surface area contributed by atoms with Gasteiger partial charge in [0.2, 0.25) is 0 Å². The van der Waals surface area contributed by atoms with Crippen LogP contribution in [0.2, 0.25) is 5.15 Å². The second kappa shape index (κ2) is 6.27. The molecule has 3 rings (SSSR count). The molecule has 1 aromatic heterocycles. The first kappa shape index (κ1) is 15.3. The van der Waals surface area contributed by atoms with Gasteiger partial charge in [-0.05, 0) is 63.7 Å². The van der Waals surface area contributed by atoms with Crippen LogP contribution in [0.1, 0.15) is 43.9 Å². The third-order valence-corrected chi connectivity index (χ3v) is 5.92. The average molecular weight is 311 g/mol. The van der Waals surface area contributed by atoms with Crippen molar-refractivity contribution in [3.63, 3.8) is 0 Å². The minimum atomic E-state index is 0.619. The van der Waals surface area contributed by atoms with Crippen molar-refractivity contribution in [3.05, 3.63) is 16.4 Å². The summed E-state index contributed by atoms with van der Waals surface area (Å²) in [5, 5.41) is 8.83. The summed E-state index contributed by atoms with van der Waals surface area (Å²) in [6, 6.07) is 0. The van der Waals surface area contributed by atoms with Crippen LogP contribution in [0.25, 0.3) is 0 Å². The molecule has 5 heteroatoms. The summed E-state index contributed by atoms with van der Waals surface area (Å²) in [7, 11) is 1.94. The Labute approximate surface area is 132 Å². The number of rotatable bonds is 3. The van der Waals surface area contributed by atoms with Gasteiger partial charge in [0.1, 0.15) is 5.15 Å². The summed E-state index contributed by atoms with van der Waals surface area (Å²) in [6.07, 6.45) is 6.35. The number of piperidine rings is 2. The highest BCUT2D eigenvalue weighted by molar-refractivity contribution is 6.30. The van der Waals surface area contributed by atoms with Gasteiger partial charge in [-0.25, -0.2) is 0 Å². The number of hydrogen-bond donors (Lipinski definition) is 1. The molecule has 0 radical (unpaired) electrons. The van der Waals surface area contributed by atoms with Gasteiger partial charge in [0, 0.05) is 19.2 Å². The summed E-state index contributed by atoms with van der Waals surface area (Å²) in [5.74, 6) is 0. The highest BCUT2D eigenvalue weighted by Gasteiger charge is 2.35. The van der Waals surface area contributed by atoms with Crippen LogP contribution in [0, 0.1) is 5.41 Å². The minimum absolute atomic E-state index is 0.619. The molecule has 0 bridgehead atoms. The van der Waals surface area contributed by atoms with E-state index in [0.29, 0.717) is 5.41 Å². The van der Waals surface area contributed by atoms with Gasteiger partial charge in [-0.2, -0.15) is 5.10 Å². The Bertz CT molecular complexity index is 481. The van der Waals surface area contributed by atoms with Crippen LogP contribution >= 0.6 is 11.6 Å². The van der Waals surface area contributed by atoms with Gasteiger partial charge < -0.3 is 5.32 Å². The fourth-order valence-electron chi connectivity index (χ4n) is 3.91. The Kier molecular flexibility index (Phi) is 4.57. The monoisotopic (exact) mass is 310 g/mol. The predicted octanol–water partition coefficient (Wildman–Crippen LogP) is 2.60. The van der Waals surface area contributed by atoms with Crippen LogP contribution in [0.5, 0.6) is 0 Å². The SMILES string of the molecule is CCc1nn(C)c(Cl)c1CN1CCC2(CCNCC2)CC1. The Morgan fingerprint density at radius 2 is 1.86 bits per heavy atom. The standard InChI is InChI=1S/C16H27ClN4/c1-3-14-13(15(17)20(2)19-14)12-21-10-6-16(7-11-21)4-8-18-9-5-16/h18H,3-12H2,1-2H3. The molecule has 1 N–H and O–H groups in total. The first-order valence-corrected chi connectivity index (χ1v) is 8.65. The molecule has 2 fully saturated rings. The van der Waals surface area contributed by atoms with Crippen LogP contribution in [-0.2, 0) is 20.0 Å². The predicted molar refractivity (Wildman–Crippen MR) is 86.6 cm³/mol. The van der Waals surface area contributed by atoms with Gasteiger partial charge >= 0.3 is 0 Å². The van der Waals surface area contributed by atoms with Crippen LogP contribution in [0.3, 0.4) is 0 Å². The van der Waals surface area contributed by atoms with E-state index < -0.39 is 0 Å². The van der Waals surface area contributed by atoms with Crippen molar-refractivity contribution in [1.82, 2.24) is 20.0 Å². The first-order chi connectivity index (χ1) is 10.1. The second-order valence-corrected chi connectivity index (χ2v) is 7.08. The Balaban J connectivity index is 1.63. The smallest absolute Gasteiger partial charge is 0.131 e. The molecule has 118 valence electrons. The van der Waals surface area contributed by atoms with E-state index >= 15 is 0 Å². The van der Waals surface area contributed by atoms with Gasteiger partial charge in [0.05, 0.1) is 5.69 Å². The maximum Gasteiger partial charge on any atom is 0.131 e. The molecule has 2 aliphatic heterocycles. The van der Waals surface area contributed by atoms with Crippen molar-refractivity contribution in [3.8, 4) is 0 Å². The summed E-state index contributed by atoms with van der Waals surface area (Å²) in [4.78, 5) is 2.56. The number of likely N-dealkylation sites (tertiary alicyclic amines) is 1. The topological polar surface area (TPSA) is 33.1 Å². The maximum absolute atomic E-state index is 6.42. The number of aryl methyl sites for hydroxylation is 2. The van der Waals surface area contributed by atoms with Gasteiger partial charge in [-0.3, -0.25) is 9.58 Å². The van der Waals surface area contributed by atoms with Crippen molar-refractivity contribution in [2.24, 2.45) is 12.5 Å². The van der Waals surface area contributed by atoms with Crippen LogP contribution < -0.4 is 5.32 Å². The third-order valence-electron chi connectivity index (χ3n) is 5.45. The average Bonchev–Trinajstić information content (AvgIpc) is 2.78. The lowest BCUT2D eigenvalue weighted by Crippen LogP contribution is -2.45. The number of aromatic nitrogens is 2. The van der Waals surface area contributed by atoms with E-state index in [2.05, 4.69) is 22.2 Å². The Hall–Kier alpha value is -0.580. The maximum atomic E-state index is 6.42. The lowest BCUT2D eigenvalue weighted by Gasteiger charge is -2.44. The fourth-order valence-corrected chi connectivity index (χ4v) is 4.11. The normalized spacial score (nSPS) is 22.8. The van der Waals surface area contributed by atoms with Crippen molar-refractivity contribution in [2.75, 3.05) is 26.2 Å². The fraction of sp³-hybridized carbons (Fsp3) is 0.812. The molecule has 0 aromatic carbocycles. The highest BCUT2D eigenvalue weighted by Crippen LogP contribution is 2.40. The zero-order valence-electron chi connectivity index (χ0n) is 13.3. The molecule has 0 aliphatic carbocycles. The molecule has 0 amide bonds. The van der Waals surface area contributed by atoms with E-state index in [9.17, 15) is 0 Å². The molecular formula is C16H27ClN4. The van der Waals surface area contributed by atoms with Gasteiger partial charge in [-0.1, -0.05) is 18.5 Å². The summed E-state index contributed by atoms with van der Waals surface area (Å²) in [6.45, 7) is 7.93. The largest absolute Gasteiger partial charge is 0.317 e. The first-order valence-electron chi connectivity index (χ1n) is 8.27. The van der Waals surface area contributed by atoms with E-state index in [4.69, 9.17) is 11.6 Å². The van der Waals surface area contributed by atoms with Crippen LogP contribution in [-0.4, -0.2) is 40.9 Å². The van der Waals surface area contributed by atoms with E-state index in [1.807, 2.05) is 11.7 Å². The molecule has 1 aromatic rings. The zero-order valence-corrected chi connectivity index (χ0v) is 14.0. The molecular weight excluding hydrogens is 284 g/mol. The third kappa shape index (κ3) is 3.13. The number of nitrogens with zero attached hydrogens (tertiary/aromatic N) is 3. The number of halogens is 1. The minimum Gasteiger partial charge on any atom is -0.317 e. The van der Waals surface area contributed by atoms with E-state index in [0.717, 1.165) is 23.8 Å². The Morgan fingerprint density at radius 1 is 1.19 bits per heavy atom. The van der Waals surface area contributed by atoms with Crippen molar-refractivity contribution >= 4 is 11.6 Å². The van der Waals surface area contributed by atoms with Crippen LogP contribution in [0.4, 0.5) is 0 Å². The van der Waals surface area contributed by atoms with Crippen molar-refractivity contribution < 1.29 is 0 Å². The molecule has 2 saturated heterocycles. The van der Waals surface area contributed by atoms with Gasteiger partial charge in [0.15, 0.2) is 0 Å². The molecule has 21 heavy (non-hydrogen) atoms. The van der Waals surface area contributed by atoms with E-state index in [1.54, 1.807) is 0 Å². The van der Waals surface area contributed by atoms with Crippen molar-refractivity contribution in [2.45, 2.75) is 45.6 Å². The van der Waals surface area contributed by atoms with Crippen molar-refractivity contribution in [1.29, 1.82) is 0 Å². The van der Waals surface area contributed by atoms with E-state index in [1.165, 1.54) is 57.4 Å². The van der Waals surface area contributed by atoms with Gasteiger partial charge in [0.25, 0.3) is 0 Å². The van der Waals surface area contributed by atoms with E-state index in [-0.39, 0.29) is 0 Å². The lowest BCUT2D eigenvalue weighted by molar-refractivity contribution is 0.0700. The molecule has 0 atom stereocenters. The highest BCUT2D eigenvalue weighted by atomic mass is 35.5. The summed E-state index contributed by atoms with van der Waals surface area (Å²) in [5.41, 5.74) is 3.02. The molecule has 2 aliphatic rings. The summed E-state index contributed by atoms with van der Waals surface area (Å²) >= 11 is 6.42. The van der Waals surface area contributed by atoms with Crippen LogP contribution in [0.15, 0.2) is 0 Å². The molecule has 4 nitrogen and oxygen atoms in total. The Morgan fingerprint density at radius 3 is 2.48 bits per heavy atom. The molecule has 1 spiro atoms. The molecule has 0 saturated carbocycles. The number of nitrogens with one attached hydrogen (secondary N) is 1.